The topological polar surface area (TPSA) is 68.9 Å². The van der Waals surface area contributed by atoms with Crippen LogP contribution in [-0.2, 0) is 21.3 Å². The maximum absolute atomic E-state index is 12.8. The maximum Gasteiger partial charge on any atom is 0.232 e. The fourth-order valence-electron chi connectivity index (χ4n) is 3.57. The zero-order valence-electron chi connectivity index (χ0n) is 17.9. The second-order valence-electron chi connectivity index (χ2n) is 7.68. The van der Waals surface area contributed by atoms with Crippen LogP contribution in [0.25, 0.3) is 11.5 Å². The average Bonchev–Trinajstić information content (AvgIpc) is 3.48. The van der Waals surface area contributed by atoms with Crippen molar-refractivity contribution in [2.75, 3.05) is 12.3 Å². The summed E-state index contributed by atoms with van der Waals surface area (Å²) in [6, 6.07) is 23.7. The third kappa shape index (κ3) is 5.23. The third-order valence-electron chi connectivity index (χ3n) is 5.25. The monoisotopic (exact) mass is 446 g/mol. The molecule has 0 aliphatic carbocycles. The Kier molecular flexibility index (Phi) is 6.97. The molecule has 164 valence electrons. The summed E-state index contributed by atoms with van der Waals surface area (Å²) in [4.78, 5) is 12.4. The van der Waals surface area contributed by atoms with E-state index in [0.717, 1.165) is 17.1 Å². The highest BCUT2D eigenvalue weighted by atomic mass is 32.2. The molecule has 4 rings (SSSR count). The highest BCUT2D eigenvalue weighted by molar-refractivity contribution is 7.84. The second kappa shape index (κ2) is 10.2. The fourth-order valence-corrected chi connectivity index (χ4v) is 4.62. The van der Waals surface area contributed by atoms with Crippen LogP contribution in [0.4, 0.5) is 0 Å². The van der Waals surface area contributed by atoms with E-state index in [-0.39, 0.29) is 23.3 Å². The van der Waals surface area contributed by atoms with Crippen molar-refractivity contribution >= 4 is 16.7 Å². The molecule has 2 aromatic heterocycles. The number of carbonyl (C=O) groups is 1. The Balaban J connectivity index is 1.42. The average molecular weight is 447 g/mol. The van der Waals surface area contributed by atoms with Crippen LogP contribution in [0.1, 0.15) is 24.0 Å². The van der Waals surface area contributed by atoms with Gasteiger partial charge in [0, 0.05) is 35.3 Å². The van der Waals surface area contributed by atoms with Gasteiger partial charge in [0.25, 0.3) is 0 Å². The van der Waals surface area contributed by atoms with E-state index in [1.165, 1.54) is 5.56 Å². The van der Waals surface area contributed by atoms with Crippen LogP contribution in [0.3, 0.4) is 0 Å². The molecule has 0 radical (unpaired) electrons. The van der Waals surface area contributed by atoms with E-state index in [2.05, 4.69) is 17.3 Å². The molecule has 0 aliphatic rings. The first-order chi connectivity index (χ1) is 15.6. The van der Waals surface area contributed by atoms with Crippen molar-refractivity contribution in [3.05, 3.63) is 103 Å². The van der Waals surface area contributed by atoms with Gasteiger partial charge in [0.05, 0.1) is 17.6 Å². The van der Waals surface area contributed by atoms with Gasteiger partial charge in [-0.05, 0) is 35.7 Å². The van der Waals surface area contributed by atoms with E-state index in [1.54, 1.807) is 6.20 Å². The minimum absolute atomic E-state index is 0.0385. The molecule has 0 aliphatic heterocycles. The smallest absolute Gasteiger partial charge is 0.232 e. The molecule has 0 spiro atoms. The Morgan fingerprint density at radius 3 is 2.34 bits per heavy atom. The van der Waals surface area contributed by atoms with Crippen molar-refractivity contribution < 1.29 is 9.00 Å². The molecule has 1 N–H and O–H groups in total. The SMILES string of the molecule is C[C@@H](CNC(=O)C[S@@](=O)Cc1cnn(-c2ccccc2)c1-n1cccc1)c1ccccc1. The Bertz CT molecular complexity index is 1170. The summed E-state index contributed by atoms with van der Waals surface area (Å²) in [5.74, 6) is 1.03. The maximum atomic E-state index is 12.8. The number of nitrogens with zero attached hydrogens (tertiary/aromatic N) is 3. The Morgan fingerprint density at radius 2 is 1.66 bits per heavy atom. The summed E-state index contributed by atoms with van der Waals surface area (Å²) in [5.41, 5.74) is 2.91. The van der Waals surface area contributed by atoms with Crippen molar-refractivity contribution in [3.8, 4) is 11.5 Å². The summed E-state index contributed by atoms with van der Waals surface area (Å²) in [7, 11) is -1.35. The van der Waals surface area contributed by atoms with Gasteiger partial charge in [-0.15, -0.1) is 0 Å². The molecule has 2 aromatic carbocycles. The van der Waals surface area contributed by atoms with Gasteiger partial charge in [0.2, 0.25) is 5.91 Å². The lowest BCUT2D eigenvalue weighted by Gasteiger charge is -2.13. The standard InChI is InChI=1S/C25H26N4O2S/c1-20(21-10-4-2-5-11-21)16-26-24(30)19-32(31)18-22-17-27-29(23-12-6-3-7-13-23)25(22)28-14-8-9-15-28/h2-15,17,20H,16,18-19H2,1H3,(H,26,30)/t20-,32-/m0/s1. The highest BCUT2D eigenvalue weighted by Crippen LogP contribution is 2.21. The van der Waals surface area contributed by atoms with Crippen molar-refractivity contribution in [1.82, 2.24) is 19.7 Å². The molecule has 0 fully saturated rings. The fraction of sp³-hybridized carbons (Fsp3) is 0.200. The molecular weight excluding hydrogens is 420 g/mol. The quantitative estimate of drug-likeness (QED) is 0.425. The van der Waals surface area contributed by atoms with Crippen LogP contribution < -0.4 is 5.32 Å². The highest BCUT2D eigenvalue weighted by Gasteiger charge is 2.18. The van der Waals surface area contributed by atoms with Crippen LogP contribution in [0.2, 0.25) is 0 Å². The summed E-state index contributed by atoms with van der Waals surface area (Å²) in [5, 5.41) is 7.44. The van der Waals surface area contributed by atoms with Crippen molar-refractivity contribution in [3.63, 3.8) is 0 Å². The first kappa shape index (κ1) is 21.8. The van der Waals surface area contributed by atoms with Crippen LogP contribution in [0.15, 0.2) is 91.4 Å². The number of benzene rings is 2. The number of carbonyl (C=O) groups excluding carboxylic acids is 1. The van der Waals surface area contributed by atoms with Crippen LogP contribution in [-0.4, -0.2) is 36.8 Å². The lowest BCUT2D eigenvalue weighted by molar-refractivity contribution is -0.118. The van der Waals surface area contributed by atoms with Crippen LogP contribution >= 0.6 is 0 Å². The molecular formula is C25H26N4O2S. The lowest BCUT2D eigenvalue weighted by Crippen LogP contribution is -2.31. The summed E-state index contributed by atoms with van der Waals surface area (Å²) < 4.78 is 16.6. The van der Waals surface area contributed by atoms with Gasteiger partial charge in [-0.3, -0.25) is 9.00 Å². The van der Waals surface area contributed by atoms with E-state index in [0.29, 0.717) is 6.54 Å². The molecule has 2 atom stereocenters. The number of hydrogen-bond donors (Lipinski definition) is 1. The van der Waals surface area contributed by atoms with E-state index >= 15 is 0 Å². The number of nitrogens with one attached hydrogen (secondary N) is 1. The van der Waals surface area contributed by atoms with Crippen LogP contribution in [0, 0.1) is 0 Å². The number of amides is 1. The number of para-hydroxylation sites is 1. The zero-order chi connectivity index (χ0) is 22.3. The molecule has 0 saturated carbocycles. The largest absolute Gasteiger partial charge is 0.355 e. The third-order valence-corrected chi connectivity index (χ3v) is 6.47. The zero-order valence-corrected chi connectivity index (χ0v) is 18.7. The molecule has 6 nitrogen and oxygen atoms in total. The number of aromatic nitrogens is 3. The molecule has 1 amide bonds. The first-order valence-electron chi connectivity index (χ1n) is 10.5. The normalized spacial score (nSPS) is 12.9. The predicted octanol–water partition coefficient (Wildman–Crippen LogP) is 3.83. The van der Waals surface area contributed by atoms with Gasteiger partial charge in [-0.1, -0.05) is 55.5 Å². The molecule has 7 heteroatoms. The van der Waals surface area contributed by atoms with Crippen LogP contribution in [0.5, 0.6) is 0 Å². The van der Waals surface area contributed by atoms with Crippen molar-refractivity contribution in [2.24, 2.45) is 0 Å². The van der Waals surface area contributed by atoms with Gasteiger partial charge < -0.3 is 9.88 Å². The van der Waals surface area contributed by atoms with Gasteiger partial charge in [-0.25, -0.2) is 4.68 Å². The predicted molar refractivity (Wildman–Crippen MR) is 127 cm³/mol. The van der Waals surface area contributed by atoms with Crippen molar-refractivity contribution in [1.29, 1.82) is 0 Å². The Labute approximate surface area is 190 Å². The van der Waals surface area contributed by atoms with E-state index in [9.17, 15) is 9.00 Å². The van der Waals surface area contributed by atoms with E-state index < -0.39 is 10.8 Å². The summed E-state index contributed by atoms with van der Waals surface area (Å²) >= 11 is 0. The van der Waals surface area contributed by atoms with E-state index in [1.807, 2.05) is 94.4 Å². The minimum Gasteiger partial charge on any atom is -0.355 e. The molecule has 2 heterocycles. The lowest BCUT2D eigenvalue weighted by atomic mass is 10.0. The molecule has 0 saturated heterocycles. The molecule has 32 heavy (non-hydrogen) atoms. The molecule has 0 unspecified atom stereocenters. The Hall–Kier alpha value is -3.45. The van der Waals surface area contributed by atoms with E-state index in [4.69, 9.17) is 0 Å². The van der Waals surface area contributed by atoms with Gasteiger partial charge >= 0.3 is 0 Å². The number of hydrogen-bond acceptors (Lipinski definition) is 3. The molecule has 0 bridgehead atoms. The van der Waals surface area contributed by atoms with Crippen molar-refractivity contribution in [2.45, 2.75) is 18.6 Å². The van der Waals surface area contributed by atoms with Gasteiger partial charge in [-0.2, -0.15) is 5.10 Å². The van der Waals surface area contributed by atoms with Gasteiger partial charge in [0.1, 0.15) is 11.6 Å². The minimum atomic E-state index is -1.35. The first-order valence-corrected chi connectivity index (χ1v) is 12.0. The second-order valence-corrected chi connectivity index (χ2v) is 9.13. The number of rotatable bonds is 9. The molecule has 4 aromatic rings. The van der Waals surface area contributed by atoms with Gasteiger partial charge in [0.15, 0.2) is 0 Å². The Morgan fingerprint density at radius 1 is 1.00 bits per heavy atom. The summed E-state index contributed by atoms with van der Waals surface area (Å²) in [6.07, 6.45) is 5.59. The summed E-state index contributed by atoms with van der Waals surface area (Å²) in [6.45, 7) is 2.58.